The van der Waals surface area contributed by atoms with E-state index < -0.39 is 0 Å². The molecule has 0 aromatic heterocycles. The van der Waals surface area contributed by atoms with E-state index in [0.29, 0.717) is 6.61 Å². The molecule has 25 heavy (non-hydrogen) atoms. The van der Waals surface area contributed by atoms with Gasteiger partial charge in [0.15, 0.2) is 0 Å². The molecule has 0 atom stereocenters. The molecule has 2 nitrogen and oxygen atoms in total. The van der Waals surface area contributed by atoms with Gasteiger partial charge in [-0.3, -0.25) is 0 Å². The van der Waals surface area contributed by atoms with E-state index >= 15 is 0 Å². The molecule has 0 unspecified atom stereocenters. The molecule has 0 amide bonds. The van der Waals surface area contributed by atoms with Crippen molar-refractivity contribution in [1.82, 2.24) is 0 Å². The normalized spacial score (nSPS) is 10.5. The van der Waals surface area contributed by atoms with E-state index in [-0.39, 0.29) is 0 Å². The second-order valence-electron chi connectivity index (χ2n) is 6.20. The molecule has 3 heteroatoms. The summed E-state index contributed by atoms with van der Waals surface area (Å²) in [6.07, 6.45) is 0. The van der Waals surface area contributed by atoms with Crippen molar-refractivity contribution in [3.05, 3.63) is 94.0 Å². The molecule has 3 aromatic carbocycles. The molecule has 0 saturated heterocycles. The Bertz CT molecular complexity index is 843. The second-order valence-corrected chi connectivity index (χ2v) is 6.60. The summed E-state index contributed by atoms with van der Waals surface area (Å²) in [5.74, 6) is 0.843. The van der Waals surface area contributed by atoms with E-state index in [1.807, 2.05) is 36.4 Å². The predicted octanol–water partition coefficient (Wildman–Crippen LogP) is 6.15. The van der Waals surface area contributed by atoms with Crippen LogP contribution >= 0.6 is 11.6 Å². The van der Waals surface area contributed by atoms with Crippen molar-refractivity contribution in [2.75, 3.05) is 5.32 Å². The quantitative estimate of drug-likeness (QED) is 0.575. The monoisotopic (exact) mass is 351 g/mol. The lowest BCUT2D eigenvalue weighted by molar-refractivity contribution is 0.306. The zero-order valence-electron chi connectivity index (χ0n) is 14.6. The molecule has 0 radical (unpaired) electrons. The molecular weight excluding hydrogens is 330 g/mol. The van der Waals surface area contributed by atoms with Gasteiger partial charge in [-0.15, -0.1) is 0 Å². The van der Waals surface area contributed by atoms with Crippen molar-refractivity contribution in [3.8, 4) is 5.75 Å². The number of aryl methyl sites for hydroxylation is 2. The minimum absolute atomic E-state index is 0.472. The van der Waals surface area contributed by atoms with Gasteiger partial charge in [-0.2, -0.15) is 0 Å². The summed E-state index contributed by atoms with van der Waals surface area (Å²) in [5.41, 5.74) is 5.90. The van der Waals surface area contributed by atoms with Gasteiger partial charge in [-0.05, 0) is 54.8 Å². The molecule has 128 valence electrons. The minimum atomic E-state index is 0.472. The van der Waals surface area contributed by atoms with Gasteiger partial charge in [0.1, 0.15) is 12.4 Å². The number of ether oxygens (including phenoxy) is 1. The highest BCUT2D eigenvalue weighted by Crippen LogP contribution is 2.20. The summed E-state index contributed by atoms with van der Waals surface area (Å²) in [5, 5.41) is 4.23. The Balaban J connectivity index is 1.57. The van der Waals surface area contributed by atoms with Gasteiger partial charge in [-0.1, -0.05) is 54.1 Å². The van der Waals surface area contributed by atoms with E-state index in [2.05, 4.69) is 49.5 Å². The number of benzene rings is 3. The topological polar surface area (TPSA) is 21.3 Å². The Morgan fingerprint density at radius 3 is 2.44 bits per heavy atom. The lowest BCUT2D eigenvalue weighted by Crippen LogP contribution is -2.01. The number of halogens is 1. The molecular formula is C22H22ClNO. The van der Waals surface area contributed by atoms with E-state index in [1.54, 1.807) is 0 Å². The molecule has 3 aromatic rings. The molecule has 0 saturated carbocycles. The molecule has 0 aliphatic heterocycles. The van der Waals surface area contributed by atoms with Crippen LogP contribution in [0.25, 0.3) is 0 Å². The SMILES string of the molecule is Cc1ccc(C)c(NCc2ccc(OCc3ccccc3Cl)cc2)c1. The number of hydrogen-bond donors (Lipinski definition) is 1. The Labute approximate surface area is 154 Å². The first-order valence-electron chi connectivity index (χ1n) is 8.38. The maximum Gasteiger partial charge on any atom is 0.119 e. The average Bonchev–Trinajstić information content (AvgIpc) is 2.63. The largest absolute Gasteiger partial charge is 0.489 e. The summed E-state index contributed by atoms with van der Waals surface area (Å²) in [6.45, 7) is 5.48. The highest BCUT2D eigenvalue weighted by molar-refractivity contribution is 6.31. The van der Waals surface area contributed by atoms with Crippen LogP contribution in [0.4, 0.5) is 5.69 Å². The summed E-state index contributed by atoms with van der Waals surface area (Å²) in [6, 6.07) is 22.3. The predicted molar refractivity (Wildman–Crippen MR) is 105 cm³/mol. The van der Waals surface area contributed by atoms with Crippen LogP contribution in [0.5, 0.6) is 5.75 Å². The summed E-state index contributed by atoms with van der Waals surface area (Å²) < 4.78 is 5.82. The number of hydrogen-bond acceptors (Lipinski definition) is 2. The van der Waals surface area contributed by atoms with Crippen molar-refractivity contribution in [1.29, 1.82) is 0 Å². The fourth-order valence-electron chi connectivity index (χ4n) is 2.60. The van der Waals surface area contributed by atoms with E-state index in [4.69, 9.17) is 16.3 Å². The van der Waals surface area contributed by atoms with Crippen molar-refractivity contribution in [2.24, 2.45) is 0 Å². The van der Waals surface area contributed by atoms with Crippen LogP contribution in [0.3, 0.4) is 0 Å². The number of rotatable bonds is 6. The molecule has 0 aliphatic rings. The third kappa shape index (κ3) is 4.77. The Morgan fingerprint density at radius 2 is 1.68 bits per heavy atom. The van der Waals surface area contributed by atoms with Crippen LogP contribution in [0.1, 0.15) is 22.3 Å². The lowest BCUT2D eigenvalue weighted by atomic mass is 10.1. The summed E-state index contributed by atoms with van der Waals surface area (Å²) in [7, 11) is 0. The van der Waals surface area contributed by atoms with Crippen molar-refractivity contribution in [2.45, 2.75) is 27.0 Å². The molecule has 0 heterocycles. The summed E-state index contributed by atoms with van der Waals surface area (Å²) >= 11 is 6.15. The first-order chi connectivity index (χ1) is 12.1. The highest BCUT2D eigenvalue weighted by atomic mass is 35.5. The van der Waals surface area contributed by atoms with E-state index in [9.17, 15) is 0 Å². The molecule has 0 spiro atoms. The smallest absolute Gasteiger partial charge is 0.119 e. The van der Waals surface area contributed by atoms with E-state index in [1.165, 1.54) is 22.4 Å². The van der Waals surface area contributed by atoms with Gasteiger partial charge in [-0.25, -0.2) is 0 Å². The molecule has 1 N–H and O–H groups in total. The van der Waals surface area contributed by atoms with Gasteiger partial charge >= 0.3 is 0 Å². The van der Waals surface area contributed by atoms with Crippen LogP contribution in [-0.2, 0) is 13.2 Å². The Morgan fingerprint density at radius 1 is 0.920 bits per heavy atom. The van der Waals surface area contributed by atoms with Crippen molar-refractivity contribution >= 4 is 17.3 Å². The van der Waals surface area contributed by atoms with Gasteiger partial charge in [0.25, 0.3) is 0 Å². The first kappa shape index (κ1) is 17.4. The minimum Gasteiger partial charge on any atom is -0.489 e. The van der Waals surface area contributed by atoms with E-state index in [0.717, 1.165) is 22.9 Å². The first-order valence-corrected chi connectivity index (χ1v) is 8.76. The standard InChI is InChI=1S/C22H22ClNO/c1-16-7-8-17(2)22(13-16)24-14-18-9-11-20(12-10-18)25-15-19-5-3-4-6-21(19)23/h3-13,24H,14-15H2,1-2H3. The van der Waals surface area contributed by atoms with Crippen LogP contribution in [-0.4, -0.2) is 0 Å². The second kappa shape index (κ2) is 8.09. The maximum atomic E-state index is 6.15. The lowest BCUT2D eigenvalue weighted by Gasteiger charge is -2.12. The maximum absolute atomic E-state index is 6.15. The van der Waals surface area contributed by atoms with Crippen LogP contribution in [0.15, 0.2) is 66.7 Å². The molecule has 3 rings (SSSR count). The summed E-state index contributed by atoms with van der Waals surface area (Å²) in [4.78, 5) is 0. The van der Waals surface area contributed by atoms with Crippen LogP contribution < -0.4 is 10.1 Å². The van der Waals surface area contributed by atoms with Crippen LogP contribution in [0, 0.1) is 13.8 Å². The fraction of sp³-hybridized carbons (Fsp3) is 0.182. The number of anilines is 1. The third-order valence-electron chi connectivity index (χ3n) is 4.15. The highest BCUT2D eigenvalue weighted by Gasteiger charge is 2.02. The Hall–Kier alpha value is -2.45. The molecule has 0 bridgehead atoms. The van der Waals surface area contributed by atoms with Gasteiger partial charge in [0, 0.05) is 22.8 Å². The third-order valence-corrected chi connectivity index (χ3v) is 4.52. The van der Waals surface area contributed by atoms with Gasteiger partial charge < -0.3 is 10.1 Å². The fourth-order valence-corrected chi connectivity index (χ4v) is 2.79. The van der Waals surface area contributed by atoms with Crippen molar-refractivity contribution < 1.29 is 4.74 Å². The van der Waals surface area contributed by atoms with Crippen molar-refractivity contribution in [3.63, 3.8) is 0 Å². The molecule has 0 aliphatic carbocycles. The average molecular weight is 352 g/mol. The Kier molecular flexibility index (Phi) is 5.62. The van der Waals surface area contributed by atoms with Gasteiger partial charge in [0.2, 0.25) is 0 Å². The number of nitrogens with one attached hydrogen (secondary N) is 1. The van der Waals surface area contributed by atoms with Gasteiger partial charge in [0.05, 0.1) is 0 Å². The zero-order chi connectivity index (χ0) is 17.6. The van der Waals surface area contributed by atoms with Crippen LogP contribution in [0.2, 0.25) is 5.02 Å². The zero-order valence-corrected chi connectivity index (χ0v) is 15.3. The molecule has 0 fully saturated rings.